The van der Waals surface area contributed by atoms with Crippen LogP contribution in [0.3, 0.4) is 0 Å². The maximum Gasteiger partial charge on any atom is 0.105 e. The predicted molar refractivity (Wildman–Crippen MR) is 63.3 cm³/mol. The lowest BCUT2D eigenvalue weighted by molar-refractivity contribution is -0.0653. The minimum absolute atomic E-state index is 0.0739. The second-order valence-corrected chi connectivity index (χ2v) is 4.08. The third kappa shape index (κ3) is 8.61. The molecule has 0 spiro atoms. The Kier molecular flexibility index (Phi) is 8.11. The summed E-state index contributed by atoms with van der Waals surface area (Å²) in [5.41, 5.74) is 1.75. The number of rotatable bonds is 9. The highest BCUT2D eigenvalue weighted by atomic mass is 16.5. The summed E-state index contributed by atoms with van der Waals surface area (Å²) in [4.78, 5) is 0. The Hall–Kier alpha value is -0.680. The van der Waals surface area contributed by atoms with Crippen molar-refractivity contribution in [3.05, 3.63) is 24.3 Å². The second kappa shape index (κ2) is 8.47. The van der Waals surface area contributed by atoms with Gasteiger partial charge in [0.25, 0.3) is 0 Å². The monoisotopic (exact) mass is 230 g/mol. The summed E-state index contributed by atoms with van der Waals surface area (Å²) in [6.07, 6.45) is -1.88. The van der Waals surface area contributed by atoms with Crippen LogP contribution in [0.4, 0.5) is 0 Å². The smallest absolute Gasteiger partial charge is 0.105 e. The van der Waals surface area contributed by atoms with Crippen LogP contribution in [0.1, 0.15) is 13.8 Å². The molecule has 0 aromatic heterocycles. The van der Waals surface area contributed by atoms with Crippen LogP contribution in [0.15, 0.2) is 24.3 Å². The average Bonchev–Trinajstić information content (AvgIpc) is 2.16. The number of hydrogen-bond acceptors (Lipinski definition) is 4. The standard InChI is InChI=1S/C12H22O4/c1-9(2)5-15-7-11(13)12(14)8-16-6-10(3)4/h11-14H,1,3,5-8H2,2,4H3. The second-order valence-electron chi connectivity index (χ2n) is 4.08. The largest absolute Gasteiger partial charge is 0.388 e. The van der Waals surface area contributed by atoms with Crippen molar-refractivity contribution in [2.75, 3.05) is 26.4 Å². The molecule has 0 aliphatic carbocycles. The summed E-state index contributed by atoms with van der Waals surface area (Å²) in [5.74, 6) is 0. The molecule has 4 nitrogen and oxygen atoms in total. The first-order chi connectivity index (χ1) is 7.43. The minimum atomic E-state index is -0.940. The van der Waals surface area contributed by atoms with E-state index < -0.39 is 12.2 Å². The van der Waals surface area contributed by atoms with Crippen LogP contribution in [0.5, 0.6) is 0 Å². The zero-order chi connectivity index (χ0) is 12.6. The Bertz CT molecular complexity index is 201. The van der Waals surface area contributed by atoms with Crippen molar-refractivity contribution in [3.8, 4) is 0 Å². The zero-order valence-electron chi connectivity index (χ0n) is 10.1. The van der Waals surface area contributed by atoms with Crippen LogP contribution in [0.2, 0.25) is 0 Å². The quantitative estimate of drug-likeness (QED) is 0.578. The molecule has 2 unspecified atom stereocenters. The molecule has 0 rings (SSSR count). The molecule has 0 aliphatic rings. The fraction of sp³-hybridized carbons (Fsp3) is 0.667. The lowest BCUT2D eigenvalue weighted by atomic mass is 10.2. The molecule has 0 saturated heterocycles. The third-order valence-electron chi connectivity index (χ3n) is 1.72. The molecule has 0 saturated carbocycles. The summed E-state index contributed by atoms with van der Waals surface area (Å²) in [5, 5.41) is 19.0. The molecule has 94 valence electrons. The lowest BCUT2D eigenvalue weighted by Crippen LogP contribution is -2.34. The molecule has 0 fully saturated rings. The van der Waals surface area contributed by atoms with Gasteiger partial charge in [-0.05, 0) is 13.8 Å². The van der Waals surface area contributed by atoms with Gasteiger partial charge in [-0.3, -0.25) is 0 Å². The maximum absolute atomic E-state index is 9.49. The number of aliphatic hydroxyl groups is 2. The third-order valence-corrected chi connectivity index (χ3v) is 1.72. The SMILES string of the molecule is C=C(C)COCC(O)C(O)COCC(=C)C. The highest BCUT2D eigenvalue weighted by molar-refractivity contribution is 4.88. The first-order valence-corrected chi connectivity index (χ1v) is 5.24. The molecule has 0 bridgehead atoms. The number of aliphatic hydroxyl groups excluding tert-OH is 2. The number of ether oxygens (including phenoxy) is 2. The molecular formula is C12H22O4. The number of hydrogen-bond donors (Lipinski definition) is 2. The van der Waals surface area contributed by atoms with Gasteiger partial charge in [-0.1, -0.05) is 24.3 Å². The van der Waals surface area contributed by atoms with Gasteiger partial charge >= 0.3 is 0 Å². The van der Waals surface area contributed by atoms with E-state index in [1.165, 1.54) is 0 Å². The lowest BCUT2D eigenvalue weighted by Gasteiger charge is -2.18. The molecule has 2 atom stereocenters. The van der Waals surface area contributed by atoms with Gasteiger partial charge in [0, 0.05) is 0 Å². The van der Waals surface area contributed by atoms with Crippen LogP contribution in [0, 0.1) is 0 Å². The van der Waals surface area contributed by atoms with Gasteiger partial charge in [0.05, 0.1) is 26.4 Å². The molecule has 16 heavy (non-hydrogen) atoms. The van der Waals surface area contributed by atoms with E-state index in [2.05, 4.69) is 13.2 Å². The first-order valence-electron chi connectivity index (χ1n) is 5.24. The van der Waals surface area contributed by atoms with Crippen LogP contribution in [0.25, 0.3) is 0 Å². The molecule has 0 heterocycles. The van der Waals surface area contributed by atoms with Crippen LogP contribution in [-0.2, 0) is 9.47 Å². The fourth-order valence-corrected chi connectivity index (χ4v) is 0.930. The molecule has 0 radical (unpaired) electrons. The Morgan fingerprint density at radius 3 is 1.50 bits per heavy atom. The molecule has 2 N–H and O–H groups in total. The van der Waals surface area contributed by atoms with Gasteiger partial charge in [-0.15, -0.1) is 0 Å². The summed E-state index contributed by atoms with van der Waals surface area (Å²) < 4.78 is 10.2. The molecule has 0 aromatic rings. The van der Waals surface area contributed by atoms with E-state index in [1.807, 2.05) is 13.8 Å². The molecule has 0 aliphatic heterocycles. The van der Waals surface area contributed by atoms with E-state index in [0.29, 0.717) is 13.2 Å². The first kappa shape index (κ1) is 15.3. The van der Waals surface area contributed by atoms with E-state index in [9.17, 15) is 10.2 Å². The average molecular weight is 230 g/mol. The van der Waals surface area contributed by atoms with Crippen molar-refractivity contribution in [1.82, 2.24) is 0 Å². The van der Waals surface area contributed by atoms with E-state index in [0.717, 1.165) is 11.1 Å². The molecule has 0 amide bonds. The summed E-state index contributed by atoms with van der Waals surface area (Å²) in [6.45, 7) is 11.9. The van der Waals surface area contributed by atoms with Crippen molar-refractivity contribution < 1.29 is 19.7 Å². The van der Waals surface area contributed by atoms with Crippen LogP contribution < -0.4 is 0 Å². The topological polar surface area (TPSA) is 58.9 Å². The van der Waals surface area contributed by atoms with E-state index in [4.69, 9.17) is 9.47 Å². The van der Waals surface area contributed by atoms with Crippen molar-refractivity contribution >= 4 is 0 Å². The van der Waals surface area contributed by atoms with Gasteiger partial charge in [0.2, 0.25) is 0 Å². The van der Waals surface area contributed by atoms with E-state index in [1.54, 1.807) is 0 Å². The normalized spacial score (nSPS) is 14.5. The summed E-state index contributed by atoms with van der Waals surface area (Å²) in [6, 6.07) is 0. The van der Waals surface area contributed by atoms with Crippen LogP contribution >= 0.6 is 0 Å². The molecular weight excluding hydrogens is 208 g/mol. The Labute approximate surface area is 97.2 Å². The predicted octanol–water partition coefficient (Wildman–Crippen LogP) is 0.894. The van der Waals surface area contributed by atoms with Crippen LogP contribution in [-0.4, -0.2) is 48.8 Å². The van der Waals surface area contributed by atoms with Gasteiger partial charge < -0.3 is 19.7 Å². The maximum atomic E-state index is 9.49. The Balaban J connectivity index is 3.60. The highest BCUT2D eigenvalue weighted by Crippen LogP contribution is 1.99. The van der Waals surface area contributed by atoms with Gasteiger partial charge in [-0.25, -0.2) is 0 Å². The molecule has 0 aromatic carbocycles. The Morgan fingerprint density at radius 1 is 0.938 bits per heavy atom. The van der Waals surface area contributed by atoms with Gasteiger partial charge in [0.1, 0.15) is 12.2 Å². The van der Waals surface area contributed by atoms with E-state index in [-0.39, 0.29) is 13.2 Å². The summed E-state index contributed by atoms with van der Waals surface area (Å²) in [7, 11) is 0. The van der Waals surface area contributed by atoms with Crippen molar-refractivity contribution in [1.29, 1.82) is 0 Å². The van der Waals surface area contributed by atoms with E-state index >= 15 is 0 Å². The minimum Gasteiger partial charge on any atom is -0.388 e. The zero-order valence-corrected chi connectivity index (χ0v) is 10.1. The highest BCUT2D eigenvalue weighted by Gasteiger charge is 2.16. The summed E-state index contributed by atoms with van der Waals surface area (Å²) >= 11 is 0. The molecule has 4 heteroatoms. The van der Waals surface area contributed by atoms with Gasteiger partial charge in [0.15, 0.2) is 0 Å². The van der Waals surface area contributed by atoms with Crippen molar-refractivity contribution in [3.63, 3.8) is 0 Å². The Morgan fingerprint density at radius 2 is 1.25 bits per heavy atom. The van der Waals surface area contributed by atoms with Gasteiger partial charge in [-0.2, -0.15) is 0 Å². The fourth-order valence-electron chi connectivity index (χ4n) is 0.930. The van der Waals surface area contributed by atoms with Crippen molar-refractivity contribution in [2.45, 2.75) is 26.1 Å². The van der Waals surface area contributed by atoms with Crippen molar-refractivity contribution in [2.24, 2.45) is 0 Å².